The molecule has 0 heterocycles. The molecule has 0 radical (unpaired) electrons. The van der Waals surface area contributed by atoms with Crippen molar-refractivity contribution in [2.75, 3.05) is 24.0 Å². The monoisotopic (exact) mass is 722 g/mol. The summed E-state index contributed by atoms with van der Waals surface area (Å²) < 4.78 is 13.4. The summed E-state index contributed by atoms with van der Waals surface area (Å²) in [6, 6.07) is 31.9. The first-order chi connectivity index (χ1) is 20.9. The first-order valence-corrected chi connectivity index (χ1v) is 16.8. The second-order valence-corrected chi connectivity index (χ2v) is 11.0. The summed E-state index contributed by atoms with van der Waals surface area (Å²) >= 11 is 1.54. The number of esters is 1. The summed E-state index contributed by atoms with van der Waals surface area (Å²) in [6.45, 7) is 7.45. The Kier molecular flexibility index (Phi) is 14.4. The van der Waals surface area contributed by atoms with Crippen molar-refractivity contribution < 1.29 is 54.7 Å². The number of thioether (sulfide) groups is 1. The average molecular weight is 723 g/mol. The third kappa shape index (κ3) is 10.0. The molecule has 0 aromatic heterocycles. The van der Waals surface area contributed by atoms with Crippen LogP contribution in [0.1, 0.15) is 39.0 Å². The van der Waals surface area contributed by atoms with E-state index in [4.69, 9.17) is 5.73 Å². The zero-order valence-electron chi connectivity index (χ0n) is 24.9. The normalized spacial score (nSPS) is 11.1. The number of aryl methyl sites for hydroxylation is 1. The zero-order valence-corrected chi connectivity index (χ0v) is 29.4. The first-order valence-electron chi connectivity index (χ1n) is 13.9. The number of ether oxygens (including phenoxy) is 1. The summed E-state index contributed by atoms with van der Waals surface area (Å²) in [5, 5.41) is 2.93. The predicted octanol–water partition coefficient (Wildman–Crippen LogP) is 6.96. The van der Waals surface area contributed by atoms with E-state index in [2.05, 4.69) is 59.6 Å². The Morgan fingerprint density at radius 1 is 0.884 bits per heavy atom. The fourth-order valence-corrected chi connectivity index (χ4v) is 5.29. The molecule has 4 rings (SSSR count). The van der Waals surface area contributed by atoms with E-state index in [0.717, 1.165) is 45.8 Å². The van der Waals surface area contributed by atoms with Gasteiger partial charge < -0.3 is 15.0 Å². The third-order valence-corrected chi connectivity index (χ3v) is 7.70. The molecule has 0 bridgehead atoms. The molecule has 0 fully saturated rings. The van der Waals surface area contributed by atoms with Gasteiger partial charge in [0.15, 0.2) is 0 Å². The van der Waals surface area contributed by atoms with Crippen molar-refractivity contribution in [3.8, 4) is 11.1 Å². The van der Waals surface area contributed by atoms with Crippen LogP contribution in [0.4, 0.5) is 5.69 Å². The van der Waals surface area contributed by atoms with Crippen molar-refractivity contribution >= 4 is 29.3 Å². The Hall–Kier alpha value is -3.00. The number of hydrogen-bond acceptors (Lipinski definition) is 6. The molecule has 4 aromatic rings. The Labute approximate surface area is 286 Å². The predicted molar refractivity (Wildman–Crippen MR) is 171 cm³/mol. The number of nitrogens with one attached hydrogen (secondary N) is 1. The molecule has 1 N–H and O–H groups in total. The van der Waals surface area contributed by atoms with Crippen LogP contribution in [0.25, 0.3) is 11.1 Å². The van der Waals surface area contributed by atoms with Crippen LogP contribution in [0, 0.1) is 53.2 Å². The van der Waals surface area contributed by atoms with E-state index in [-0.39, 0.29) is 45.2 Å². The number of rotatable bonds is 12. The second-order valence-electron chi connectivity index (χ2n) is 10.0. The van der Waals surface area contributed by atoms with Crippen LogP contribution >= 0.6 is 11.8 Å². The van der Waals surface area contributed by atoms with Gasteiger partial charge in [-0.3, -0.25) is 4.79 Å². The van der Waals surface area contributed by atoms with Crippen LogP contribution in [-0.2, 0) is 23.6 Å². The maximum atomic E-state index is 13.6. The van der Waals surface area contributed by atoms with Gasteiger partial charge in [0.25, 0.3) is 5.91 Å². The molecule has 0 saturated carbocycles. The molecule has 0 aliphatic heterocycles. The van der Waals surface area contributed by atoms with Crippen molar-refractivity contribution in [1.29, 1.82) is 0 Å². The van der Waals surface area contributed by atoms with E-state index in [0.29, 0.717) is 18.5 Å². The molecule has 0 unspecified atom stereocenters. The fourth-order valence-electron chi connectivity index (χ4n) is 4.82. The molecule has 0 aliphatic carbocycles. The van der Waals surface area contributed by atoms with Crippen LogP contribution < -0.4 is 10.2 Å². The van der Waals surface area contributed by atoms with Gasteiger partial charge in [-0.2, -0.15) is 36.4 Å². The zero-order chi connectivity index (χ0) is 31.2. The molecule has 220 valence electrons. The van der Waals surface area contributed by atoms with Gasteiger partial charge >= 0.3 is 46.3 Å². The van der Waals surface area contributed by atoms with Gasteiger partial charge in [-0.05, 0) is 65.3 Å². The van der Waals surface area contributed by atoms with Crippen LogP contribution in [-0.4, -0.2) is 37.0 Å². The van der Waals surface area contributed by atoms with E-state index < -0.39 is 12.0 Å². The standard InChI is InChI=1S/C35H37N2O3S.O.Pr/c1-25-14-17-29(18-15-25)37(23-27-11-6-5-7-12-27)24-28-16-19-31(32(22-28)30-13-9-8-10-26(30)2)34(38)36-33(20-21-41-4)35(39)40-3;;/h5-19,22,33H,1,20-21,23-24H2,2-4H3,(H,36,38);;/q-1;;+1/t33-;;/m0../s1. The minimum atomic E-state index is -0.707. The van der Waals surface area contributed by atoms with E-state index in [9.17, 15) is 9.59 Å². The molecule has 4 aromatic carbocycles. The van der Waals surface area contributed by atoms with Gasteiger partial charge in [0.2, 0.25) is 0 Å². The van der Waals surface area contributed by atoms with Crippen molar-refractivity contribution in [2.24, 2.45) is 0 Å². The van der Waals surface area contributed by atoms with Gasteiger partial charge in [0, 0.05) is 24.3 Å². The van der Waals surface area contributed by atoms with Gasteiger partial charge in [-0.15, -0.1) is 0 Å². The average Bonchev–Trinajstić information content (AvgIpc) is 3.04. The molecule has 43 heavy (non-hydrogen) atoms. The molecule has 0 saturated heterocycles. The molecular weight excluding hydrogens is 685 g/mol. The van der Waals surface area contributed by atoms with Crippen molar-refractivity contribution in [1.82, 2.24) is 5.32 Å². The van der Waals surface area contributed by atoms with E-state index in [1.54, 1.807) is 11.8 Å². The Morgan fingerprint density at radius 2 is 1.53 bits per heavy atom. The molecule has 1 amide bonds. The summed E-state index contributed by atoms with van der Waals surface area (Å²) in [4.78, 5) is 28.4. The number of nitrogens with zero attached hydrogens (tertiary/aromatic N) is 1. The fraction of sp³-hybridized carbons (Fsp3) is 0.229. The number of carbonyl (C=O) groups excluding carboxylic acids is 2. The van der Waals surface area contributed by atoms with Crippen molar-refractivity contribution in [2.45, 2.75) is 32.5 Å². The quantitative estimate of drug-likeness (QED) is 0.126. The van der Waals surface area contributed by atoms with Gasteiger partial charge in [0.1, 0.15) is 6.04 Å². The number of amides is 1. The topological polar surface area (TPSA) is 75.7 Å². The first kappa shape index (κ1) is 34.5. The summed E-state index contributed by atoms with van der Waals surface area (Å²) in [7, 11) is 1.35. The molecule has 0 aliphatic rings. The molecule has 8 heteroatoms. The van der Waals surface area contributed by atoms with Crippen LogP contribution in [0.15, 0.2) is 97.1 Å². The van der Waals surface area contributed by atoms with Gasteiger partial charge in [-0.1, -0.05) is 72.8 Å². The minimum absolute atomic E-state index is 0.0833. The maximum absolute atomic E-state index is 13.6. The molecule has 1 atom stereocenters. The Morgan fingerprint density at radius 3 is 2.19 bits per heavy atom. The SMILES string of the molecule is [CH2-]c1ccc(N(Cc2ccccc2)Cc2ccc(C(=O)N[C@@H](CCSC)C(=O)OC)c(-c3ccccc3C)c2)cc1.[O]=[Pr+]. The van der Waals surface area contributed by atoms with Crippen LogP contribution in [0.3, 0.4) is 0 Å². The third-order valence-electron chi connectivity index (χ3n) is 7.06. The number of carbonyl (C=O) groups is 2. The number of methoxy groups -OCH3 is 1. The van der Waals surface area contributed by atoms with E-state index >= 15 is 0 Å². The molecule has 0 spiro atoms. The van der Waals surface area contributed by atoms with Crippen molar-refractivity contribution in [3.05, 3.63) is 132 Å². The van der Waals surface area contributed by atoms with E-state index in [1.807, 2.05) is 67.8 Å². The molecular formula is C35H37N2O4PrS. The molecule has 6 nitrogen and oxygen atoms in total. The number of anilines is 1. The summed E-state index contributed by atoms with van der Waals surface area (Å²) in [5.41, 5.74) is 7.74. The van der Waals surface area contributed by atoms with Crippen LogP contribution in [0.2, 0.25) is 0 Å². The number of benzene rings is 4. The van der Waals surface area contributed by atoms with Gasteiger partial charge in [0.05, 0.1) is 7.11 Å². The van der Waals surface area contributed by atoms with Crippen LogP contribution in [0.5, 0.6) is 0 Å². The number of hydrogen-bond donors (Lipinski definition) is 1. The summed E-state index contributed by atoms with van der Waals surface area (Å²) in [5.74, 6) is 0.000430. The van der Waals surface area contributed by atoms with Gasteiger partial charge in [-0.25, -0.2) is 4.79 Å². The van der Waals surface area contributed by atoms with Crippen molar-refractivity contribution in [3.63, 3.8) is 0 Å². The Balaban J connectivity index is 0.00000248. The summed E-state index contributed by atoms with van der Waals surface area (Å²) in [6.07, 6.45) is 2.47. The van der Waals surface area contributed by atoms with E-state index in [1.165, 1.54) is 12.7 Å². The second kappa shape index (κ2) is 18.0. The Bertz CT molecular complexity index is 1480.